The van der Waals surface area contributed by atoms with Gasteiger partial charge in [-0.1, -0.05) is 36.4 Å². The van der Waals surface area contributed by atoms with E-state index in [1.54, 1.807) is 19.0 Å². The van der Waals surface area contributed by atoms with Crippen LogP contribution < -0.4 is 5.32 Å². The van der Waals surface area contributed by atoms with Gasteiger partial charge in [0.15, 0.2) is 0 Å². The van der Waals surface area contributed by atoms with Crippen molar-refractivity contribution in [1.82, 2.24) is 14.7 Å². The lowest BCUT2D eigenvalue weighted by Gasteiger charge is -2.14. The van der Waals surface area contributed by atoms with Crippen LogP contribution in [0.25, 0.3) is 5.69 Å². The lowest BCUT2D eigenvalue weighted by molar-refractivity contribution is -0.127. The van der Waals surface area contributed by atoms with Crippen molar-refractivity contribution in [3.05, 3.63) is 78.1 Å². The number of para-hydroxylation sites is 2. The molecule has 0 radical (unpaired) electrons. The maximum Gasteiger partial charge on any atom is 0.226 e. The number of amides is 1. The summed E-state index contributed by atoms with van der Waals surface area (Å²) < 4.78 is 1.86. The van der Waals surface area contributed by atoms with E-state index in [2.05, 4.69) is 10.4 Å². The Balaban J connectivity index is 1.68. The van der Waals surface area contributed by atoms with E-state index in [0.717, 1.165) is 22.5 Å². The molecule has 0 saturated carbocycles. The first-order valence-electron chi connectivity index (χ1n) is 8.24. The minimum Gasteiger partial charge on any atom is -0.381 e. The fraction of sp³-hybridized carbons (Fsp3) is 0.200. The Morgan fingerprint density at radius 1 is 1.08 bits per heavy atom. The molecule has 1 amide bonds. The second kappa shape index (κ2) is 7.66. The van der Waals surface area contributed by atoms with Crippen LogP contribution in [0.2, 0.25) is 0 Å². The van der Waals surface area contributed by atoms with Crippen LogP contribution in [0, 0.1) is 0 Å². The molecule has 0 aliphatic heterocycles. The summed E-state index contributed by atoms with van der Waals surface area (Å²) in [4.78, 5) is 13.6. The first-order valence-corrected chi connectivity index (χ1v) is 8.24. The number of nitrogens with one attached hydrogen (secondary N) is 1. The predicted octanol–water partition coefficient (Wildman–Crippen LogP) is 3.12. The summed E-state index contributed by atoms with van der Waals surface area (Å²) in [6, 6.07) is 17.9. The summed E-state index contributed by atoms with van der Waals surface area (Å²) in [5, 5.41) is 7.82. The average Bonchev–Trinajstić information content (AvgIpc) is 3.10. The molecule has 1 aromatic heterocycles. The van der Waals surface area contributed by atoms with Gasteiger partial charge in [0.25, 0.3) is 0 Å². The Bertz CT molecular complexity index is 840. The molecule has 0 bridgehead atoms. The molecule has 0 fully saturated rings. The van der Waals surface area contributed by atoms with E-state index in [-0.39, 0.29) is 5.91 Å². The smallest absolute Gasteiger partial charge is 0.226 e. The van der Waals surface area contributed by atoms with Gasteiger partial charge in [0, 0.05) is 38.1 Å². The molecule has 0 spiro atoms. The summed E-state index contributed by atoms with van der Waals surface area (Å²) >= 11 is 0. The Kier molecular flexibility index (Phi) is 5.14. The lowest BCUT2D eigenvalue weighted by Crippen LogP contribution is -2.23. The number of aromatic nitrogens is 2. The van der Waals surface area contributed by atoms with Crippen LogP contribution in [-0.2, 0) is 17.8 Å². The maximum atomic E-state index is 12.0. The van der Waals surface area contributed by atoms with E-state index in [4.69, 9.17) is 0 Å². The van der Waals surface area contributed by atoms with E-state index < -0.39 is 0 Å². The third-order valence-electron chi connectivity index (χ3n) is 4.00. The standard InChI is InChI=1S/C20H22N4O/c1-23(2)20(25)12-17-8-6-7-11-19(17)21-13-16-14-22-24(15-16)18-9-4-3-5-10-18/h3-11,14-15,21H,12-13H2,1-2H3. The van der Waals surface area contributed by atoms with Crippen LogP contribution in [0.4, 0.5) is 5.69 Å². The Hall–Kier alpha value is -3.08. The second-order valence-electron chi connectivity index (χ2n) is 6.10. The number of hydrogen-bond acceptors (Lipinski definition) is 3. The zero-order chi connectivity index (χ0) is 17.6. The Labute approximate surface area is 147 Å². The van der Waals surface area contributed by atoms with Gasteiger partial charge in [-0.15, -0.1) is 0 Å². The predicted molar refractivity (Wildman–Crippen MR) is 99.7 cm³/mol. The number of likely N-dealkylation sites (N-methyl/N-ethyl adjacent to an activating group) is 1. The molecule has 0 unspecified atom stereocenters. The van der Waals surface area contributed by atoms with Crippen LogP contribution in [0.1, 0.15) is 11.1 Å². The van der Waals surface area contributed by atoms with Crippen molar-refractivity contribution in [3.8, 4) is 5.69 Å². The van der Waals surface area contributed by atoms with Crippen molar-refractivity contribution in [2.75, 3.05) is 19.4 Å². The largest absolute Gasteiger partial charge is 0.381 e. The Morgan fingerprint density at radius 3 is 2.56 bits per heavy atom. The fourth-order valence-electron chi connectivity index (χ4n) is 2.54. The van der Waals surface area contributed by atoms with Crippen molar-refractivity contribution in [1.29, 1.82) is 0 Å². The van der Waals surface area contributed by atoms with Crippen molar-refractivity contribution >= 4 is 11.6 Å². The summed E-state index contributed by atoms with van der Waals surface area (Å²) in [5.74, 6) is 0.0890. The molecule has 128 valence electrons. The highest BCUT2D eigenvalue weighted by molar-refractivity contribution is 5.80. The van der Waals surface area contributed by atoms with Crippen LogP contribution in [0.3, 0.4) is 0 Å². The number of anilines is 1. The van der Waals surface area contributed by atoms with Gasteiger partial charge in [-0.3, -0.25) is 4.79 Å². The number of benzene rings is 2. The summed E-state index contributed by atoms with van der Waals surface area (Å²) in [5.41, 5.74) is 4.09. The van der Waals surface area contributed by atoms with E-state index >= 15 is 0 Å². The van der Waals surface area contributed by atoms with Crippen LogP contribution in [0.15, 0.2) is 67.0 Å². The SMILES string of the molecule is CN(C)C(=O)Cc1ccccc1NCc1cnn(-c2ccccc2)c1. The lowest BCUT2D eigenvalue weighted by atomic mass is 10.1. The van der Waals surface area contributed by atoms with E-state index in [1.807, 2.05) is 71.7 Å². The van der Waals surface area contributed by atoms with Crippen molar-refractivity contribution in [2.24, 2.45) is 0 Å². The van der Waals surface area contributed by atoms with Gasteiger partial charge >= 0.3 is 0 Å². The normalized spacial score (nSPS) is 10.5. The third kappa shape index (κ3) is 4.26. The van der Waals surface area contributed by atoms with Gasteiger partial charge in [-0.25, -0.2) is 4.68 Å². The van der Waals surface area contributed by atoms with Crippen molar-refractivity contribution in [2.45, 2.75) is 13.0 Å². The first kappa shape index (κ1) is 16.8. The van der Waals surface area contributed by atoms with Crippen LogP contribution in [0.5, 0.6) is 0 Å². The number of rotatable bonds is 6. The van der Waals surface area contributed by atoms with Crippen molar-refractivity contribution < 1.29 is 4.79 Å². The topological polar surface area (TPSA) is 50.2 Å². The molecule has 0 aliphatic carbocycles. The molecule has 1 N–H and O–H groups in total. The number of carbonyl (C=O) groups excluding carboxylic acids is 1. The van der Waals surface area contributed by atoms with Gasteiger partial charge in [-0.05, 0) is 23.8 Å². The van der Waals surface area contributed by atoms with Gasteiger partial charge in [-0.2, -0.15) is 5.10 Å². The summed E-state index contributed by atoms with van der Waals surface area (Å²) in [6.45, 7) is 0.653. The van der Waals surface area contributed by atoms with Gasteiger partial charge in [0.1, 0.15) is 0 Å². The molecular weight excluding hydrogens is 312 g/mol. The first-order chi connectivity index (χ1) is 12.1. The van der Waals surface area contributed by atoms with E-state index in [1.165, 1.54) is 0 Å². The zero-order valence-corrected chi connectivity index (χ0v) is 14.5. The van der Waals surface area contributed by atoms with Gasteiger partial charge in [0.05, 0.1) is 18.3 Å². The quantitative estimate of drug-likeness (QED) is 0.753. The molecule has 5 heteroatoms. The summed E-state index contributed by atoms with van der Waals surface area (Å²) in [6.07, 6.45) is 4.25. The zero-order valence-electron chi connectivity index (χ0n) is 14.5. The highest BCUT2D eigenvalue weighted by Crippen LogP contribution is 2.18. The molecular formula is C20H22N4O. The van der Waals surface area contributed by atoms with Gasteiger partial charge < -0.3 is 10.2 Å². The minimum absolute atomic E-state index is 0.0890. The highest BCUT2D eigenvalue weighted by Gasteiger charge is 2.09. The number of nitrogens with zero attached hydrogens (tertiary/aromatic N) is 3. The maximum absolute atomic E-state index is 12.0. The number of hydrogen-bond donors (Lipinski definition) is 1. The van der Waals surface area contributed by atoms with Crippen LogP contribution in [-0.4, -0.2) is 34.7 Å². The molecule has 0 aliphatic rings. The highest BCUT2D eigenvalue weighted by atomic mass is 16.2. The van der Waals surface area contributed by atoms with Crippen LogP contribution >= 0.6 is 0 Å². The third-order valence-corrected chi connectivity index (χ3v) is 4.00. The fourth-order valence-corrected chi connectivity index (χ4v) is 2.54. The molecule has 5 nitrogen and oxygen atoms in total. The molecule has 0 saturated heterocycles. The molecule has 25 heavy (non-hydrogen) atoms. The molecule has 3 aromatic rings. The molecule has 3 rings (SSSR count). The summed E-state index contributed by atoms with van der Waals surface area (Å²) in [7, 11) is 3.55. The molecule has 0 atom stereocenters. The molecule has 2 aromatic carbocycles. The Morgan fingerprint density at radius 2 is 1.80 bits per heavy atom. The molecule has 1 heterocycles. The average molecular weight is 334 g/mol. The van der Waals surface area contributed by atoms with Crippen molar-refractivity contribution in [3.63, 3.8) is 0 Å². The van der Waals surface area contributed by atoms with E-state index in [9.17, 15) is 4.79 Å². The minimum atomic E-state index is 0.0890. The monoisotopic (exact) mass is 334 g/mol. The van der Waals surface area contributed by atoms with E-state index in [0.29, 0.717) is 13.0 Å². The second-order valence-corrected chi connectivity index (χ2v) is 6.10. The number of carbonyl (C=O) groups is 1. The van der Waals surface area contributed by atoms with Gasteiger partial charge in [0.2, 0.25) is 5.91 Å².